The van der Waals surface area contributed by atoms with Crippen LogP contribution >= 0.6 is 0 Å². The number of hydrogen-bond acceptors (Lipinski definition) is 2. The molecule has 0 saturated heterocycles. The zero-order valence-corrected chi connectivity index (χ0v) is 14.8. The van der Waals surface area contributed by atoms with Crippen molar-refractivity contribution in [3.63, 3.8) is 0 Å². The maximum atomic E-state index is 13.9. The average molecular weight is 425 g/mol. The molecule has 0 bridgehead atoms. The van der Waals surface area contributed by atoms with Crippen LogP contribution in [0.4, 0.5) is 30.7 Å². The van der Waals surface area contributed by atoms with Crippen molar-refractivity contribution in [1.29, 1.82) is 5.26 Å². The normalized spacial score (nSPS) is 12.7. The standard InChI is InChI=1S/C20H10F7N3/c21-16-4-2-1-3-15(16)13(11-28)9-12-5-7-14(8-6-12)30-18(20(25,26)27)10-17(29-30)19(22,23)24/h1-10H. The van der Waals surface area contributed by atoms with Crippen molar-refractivity contribution in [2.75, 3.05) is 0 Å². The Labute approximate surface area is 165 Å². The highest BCUT2D eigenvalue weighted by molar-refractivity contribution is 5.89. The van der Waals surface area contributed by atoms with E-state index in [1.807, 2.05) is 6.07 Å². The first kappa shape index (κ1) is 21.1. The Bertz CT molecular complexity index is 1130. The van der Waals surface area contributed by atoms with E-state index in [9.17, 15) is 36.0 Å². The molecule has 0 unspecified atom stereocenters. The number of halogens is 7. The zero-order chi connectivity index (χ0) is 22.1. The van der Waals surface area contributed by atoms with Crippen LogP contribution in [0.25, 0.3) is 17.3 Å². The van der Waals surface area contributed by atoms with Gasteiger partial charge in [0.15, 0.2) is 5.69 Å². The van der Waals surface area contributed by atoms with Gasteiger partial charge in [-0.15, -0.1) is 0 Å². The summed E-state index contributed by atoms with van der Waals surface area (Å²) in [4.78, 5) is 0. The van der Waals surface area contributed by atoms with E-state index < -0.39 is 29.6 Å². The van der Waals surface area contributed by atoms with Crippen LogP contribution in [0.15, 0.2) is 54.6 Å². The van der Waals surface area contributed by atoms with Crippen molar-refractivity contribution in [2.24, 2.45) is 0 Å². The summed E-state index contributed by atoms with van der Waals surface area (Å²) in [7, 11) is 0. The van der Waals surface area contributed by atoms with Gasteiger partial charge in [0.05, 0.1) is 17.3 Å². The van der Waals surface area contributed by atoms with E-state index in [0.717, 1.165) is 18.2 Å². The number of aromatic nitrogens is 2. The summed E-state index contributed by atoms with van der Waals surface area (Å²) in [6.07, 6.45) is -8.81. The molecule has 0 N–H and O–H groups in total. The molecule has 0 amide bonds. The predicted octanol–water partition coefficient (Wildman–Crippen LogP) is 6.11. The first-order valence-electron chi connectivity index (χ1n) is 8.22. The molecule has 0 aliphatic heterocycles. The fraction of sp³-hybridized carbons (Fsp3) is 0.100. The minimum absolute atomic E-state index is 0.0322. The van der Waals surface area contributed by atoms with Crippen molar-refractivity contribution < 1.29 is 30.7 Å². The van der Waals surface area contributed by atoms with Gasteiger partial charge in [-0.1, -0.05) is 30.3 Å². The molecule has 3 aromatic rings. The molecule has 3 nitrogen and oxygen atoms in total. The first-order chi connectivity index (χ1) is 14.0. The fourth-order valence-electron chi connectivity index (χ4n) is 2.65. The van der Waals surface area contributed by atoms with Crippen LogP contribution in [0.3, 0.4) is 0 Å². The first-order valence-corrected chi connectivity index (χ1v) is 8.22. The van der Waals surface area contributed by atoms with Gasteiger partial charge in [-0.25, -0.2) is 9.07 Å². The topological polar surface area (TPSA) is 41.6 Å². The lowest BCUT2D eigenvalue weighted by Crippen LogP contribution is -2.13. The van der Waals surface area contributed by atoms with E-state index in [0.29, 0.717) is 5.56 Å². The molecule has 0 aliphatic rings. The van der Waals surface area contributed by atoms with Crippen LogP contribution in [-0.4, -0.2) is 9.78 Å². The molecule has 154 valence electrons. The molecule has 0 radical (unpaired) electrons. The molecule has 2 aromatic carbocycles. The number of nitriles is 1. The molecule has 0 saturated carbocycles. The number of alkyl halides is 6. The smallest absolute Gasteiger partial charge is 0.228 e. The van der Waals surface area contributed by atoms with Gasteiger partial charge in [0.1, 0.15) is 11.5 Å². The van der Waals surface area contributed by atoms with Crippen LogP contribution in [0.2, 0.25) is 0 Å². The molecule has 0 aliphatic carbocycles. The number of nitrogens with zero attached hydrogens (tertiary/aromatic N) is 3. The maximum absolute atomic E-state index is 13.9. The van der Waals surface area contributed by atoms with E-state index in [1.165, 1.54) is 36.4 Å². The maximum Gasteiger partial charge on any atom is 0.435 e. The molecular formula is C20H10F7N3. The van der Waals surface area contributed by atoms with Crippen molar-refractivity contribution in [3.05, 3.63) is 82.9 Å². The highest BCUT2D eigenvalue weighted by atomic mass is 19.4. The molecule has 10 heteroatoms. The zero-order valence-electron chi connectivity index (χ0n) is 14.8. The number of rotatable bonds is 3. The highest BCUT2D eigenvalue weighted by Gasteiger charge is 2.42. The number of allylic oxidation sites excluding steroid dienone is 1. The predicted molar refractivity (Wildman–Crippen MR) is 93.5 cm³/mol. The summed E-state index contributed by atoms with van der Waals surface area (Å²) in [6.45, 7) is 0. The van der Waals surface area contributed by atoms with Crippen LogP contribution in [0, 0.1) is 17.1 Å². The summed E-state index contributed by atoms with van der Waals surface area (Å²) in [6, 6.07) is 12.1. The molecule has 0 spiro atoms. The van der Waals surface area contributed by atoms with E-state index in [-0.39, 0.29) is 27.6 Å². The summed E-state index contributed by atoms with van der Waals surface area (Å²) in [5, 5.41) is 12.3. The second-order valence-electron chi connectivity index (χ2n) is 6.06. The average Bonchev–Trinajstić information content (AvgIpc) is 3.14. The summed E-state index contributed by atoms with van der Waals surface area (Å²) >= 11 is 0. The molecule has 0 atom stereocenters. The third-order valence-electron chi connectivity index (χ3n) is 4.02. The van der Waals surface area contributed by atoms with E-state index in [4.69, 9.17) is 0 Å². The Kier molecular flexibility index (Phi) is 5.39. The van der Waals surface area contributed by atoms with Gasteiger partial charge >= 0.3 is 12.4 Å². The lowest BCUT2D eigenvalue weighted by molar-refractivity contribution is -0.143. The lowest BCUT2D eigenvalue weighted by atomic mass is 10.0. The van der Waals surface area contributed by atoms with Gasteiger partial charge in [-0.3, -0.25) is 0 Å². The lowest BCUT2D eigenvalue weighted by Gasteiger charge is -2.10. The molecular weight excluding hydrogens is 415 g/mol. The Morgan fingerprint density at radius 2 is 1.57 bits per heavy atom. The monoisotopic (exact) mass is 425 g/mol. The van der Waals surface area contributed by atoms with E-state index >= 15 is 0 Å². The van der Waals surface area contributed by atoms with E-state index in [2.05, 4.69) is 5.10 Å². The van der Waals surface area contributed by atoms with Gasteiger partial charge in [0.2, 0.25) is 0 Å². The van der Waals surface area contributed by atoms with Gasteiger partial charge < -0.3 is 0 Å². The quantitative estimate of drug-likeness (QED) is 0.289. The largest absolute Gasteiger partial charge is 0.435 e. The molecule has 1 aromatic heterocycles. The Balaban J connectivity index is 2.02. The molecule has 0 fully saturated rings. The van der Waals surface area contributed by atoms with Crippen LogP contribution in [0.5, 0.6) is 0 Å². The SMILES string of the molecule is N#CC(=Cc1ccc(-n2nc(C(F)(F)F)cc2C(F)(F)F)cc1)c1ccccc1F. The highest BCUT2D eigenvalue weighted by Crippen LogP contribution is 2.36. The fourth-order valence-corrected chi connectivity index (χ4v) is 2.65. The second-order valence-corrected chi connectivity index (χ2v) is 6.06. The van der Waals surface area contributed by atoms with Crippen LogP contribution < -0.4 is 0 Å². The molecule has 30 heavy (non-hydrogen) atoms. The Morgan fingerprint density at radius 3 is 2.10 bits per heavy atom. The van der Waals surface area contributed by atoms with Crippen molar-refractivity contribution in [2.45, 2.75) is 12.4 Å². The third kappa shape index (κ3) is 4.35. The van der Waals surface area contributed by atoms with Gasteiger partial charge in [0.25, 0.3) is 0 Å². The minimum atomic E-state index is -5.06. The van der Waals surface area contributed by atoms with Crippen molar-refractivity contribution in [3.8, 4) is 11.8 Å². The Hall–Kier alpha value is -3.61. The second kappa shape index (κ2) is 7.67. The molecule has 1 heterocycles. The number of benzene rings is 2. The van der Waals surface area contributed by atoms with Crippen LogP contribution in [-0.2, 0) is 12.4 Å². The van der Waals surface area contributed by atoms with Gasteiger partial charge in [0, 0.05) is 11.6 Å². The Morgan fingerprint density at radius 1 is 0.933 bits per heavy atom. The summed E-state index contributed by atoms with van der Waals surface area (Å²) in [5.41, 5.74) is -3.19. The summed E-state index contributed by atoms with van der Waals surface area (Å²) < 4.78 is 91.9. The van der Waals surface area contributed by atoms with E-state index in [1.54, 1.807) is 0 Å². The molecule has 3 rings (SSSR count). The minimum Gasteiger partial charge on any atom is -0.228 e. The summed E-state index contributed by atoms with van der Waals surface area (Å²) in [5.74, 6) is -0.632. The van der Waals surface area contributed by atoms with Crippen molar-refractivity contribution in [1.82, 2.24) is 9.78 Å². The van der Waals surface area contributed by atoms with Gasteiger partial charge in [-0.05, 0) is 29.8 Å². The number of hydrogen-bond donors (Lipinski definition) is 0. The van der Waals surface area contributed by atoms with Crippen molar-refractivity contribution >= 4 is 11.6 Å². The van der Waals surface area contributed by atoms with Crippen LogP contribution in [0.1, 0.15) is 22.5 Å². The third-order valence-corrected chi connectivity index (χ3v) is 4.02. The van der Waals surface area contributed by atoms with Gasteiger partial charge in [-0.2, -0.15) is 36.7 Å².